The van der Waals surface area contributed by atoms with Gasteiger partial charge in [0.15, 0.2) is 0 Å². The Morgan fingerprint density at radius 2 is 1.64 bits per heavy atom. The second-order valence-corrected chi connectivity index (χ2v) is 9.24. The highest BCUT2D eigenvalue weighted by atomic mass is 32.2. The Balaban J connectivity index is 2.32. The molecular weight excluding hydrogens is 372 g/mol. The zero-order valence-corrected chi connectivity index (χ0v) is 17.9. The zero-order chi connectivity index (χ0) is 20.7. The number of anilines is 1. The van der Waals surface area contributed by atoms with Gasteiger partial charge >= 0.3 is 0 Å². The molecule has 5 nitrogen and oxygen atoms in total. The maximum atomic E-state index is 13.3. The Morgan fingerprint density at radius 1 is 1.04 bits per heavy atom. The summed E-state index contributed by atoms with van der Waals surface area (Å²) in [4.78, 5) is 12.6. The van der Waals surface area contributed by atoms with Crippen molar-refractivity contribution in [2.24, 2.45) is 5.92 Å². The van der Waals surface area contributed by atoms with E-state index in [0.717, 1.165) is 24.0 Å². The smallest absolute Gasteiger partial charge is 0.264 e. The minimum Gasteiger partial charge on any atom is -0.355 e. The summed E-state index contributed by atoms with van der Waals surface area (Å²) in [5.74, 6) is 0.158. The monoisotopic (exact) mass is 402 g/mol. The van der Waals surface area contributed by atoms with Crippen molar-refractivity contribution in [3.63, 3.8) is 0 Å². The average Bonchev–Trinajstić information content (AvgIpc) is 2.66. The maximum absolute atomic E-state index is 13.3. The molecule has 2 rings (SSSR count). The van der Waals surface area contributed by atoms with Crippen molar-refractivity contribution in [3.05, 3.63) is 59.7 Å². The second kappa shape index (κ2) is 9.73. The van der Waals surface area contributed by atoms with Gasteiger partial charge in [0.2, 0.25) is 5.91 Å². The highest BCUT2D eigenvalue weighted by Gasteiger charge is 2.27. The molecule has 28 heavy (non-hydrogen) atoms. The molecule has 0 aliphatic heterocycles. The molecule has 0 atom stereocenters. The van der Waals surface area contributed by atoms with Crippen molar-refractivity contribution in [1.29, 1.82) is 0 Å². The number of sulfonamides is 1. The van der Waals surface area contributed by atoms with Crippen LogP contribution in [0.1, 0.15) is 38.3 Å². The topological polar surface area (TPSA) is 66.5 Å². The van der Waals surface area contributed by atoms with Crippen molar-refractivity contribution >= 4 is 21.6 Å². The molecular formula is C22H30N2O3S. The Bertz CT molecular complexity index is 873. The van der Waals surface area contributed by atoms with E-state index in [2.05, 4.69) is 19.2 Å². The number of rotatable bonds is 9. The van der Waals surface area contributed by atoms with E-state index in [-0.39, 0.29) is 17.3 Å². The first kappa shape index (κ1) is 22.0. The van der Waals surface area contributed by atoms with Gasteiger partial charge in [-0.05, 0) is 55.5 Å². The molecule has 2 aromatic carbocycles. The van der Waals surface area contributed by atoms with Crippen LogP contribution < -0.4 is 9.62 Å². The summed E-state index contributed by atoms with van der Waals surface area (Å²) in [7, 11) is -3.85. The van der Waals surface area contributed by atoms with Crippen LogP contribution in [-0.2, 0) is 21.2 Å². The number of benzene rings is 2. The first-order valence-electron chi connectivity index (χ1n) is 9.69. The van der Waals surface area contributed by atoms with Crippen LogP contribution in [0, 0.1) is 12.8 Å². The lowest BCUT2D eigenvalue weighted by molar-refractivity contribution is -0.119. The predicted octanol–water partition coefficient (Wildman–Crippen LogP) is 3.92. The highest BCUT2D eigenvalue weighted by Crippen LogP contribution is 2.24. The Hall–Kier alpha value is -2.34. The van der Waals surface area contributed by atoms with E-state index in [1.54, 1.807) is 36.4 Å². The molecule has 152 valence electrons. The van der Waals surface area contributed by atoms with E-state index in [1.165, 1.54) is 4.31 Å². The molecule has 0 fully saturated rings. The Morgan fingerprint density at radius 3 is 2.18 bits per heavy atom. The van der Waals surface area contributed by atoms with Gasteiger partial charge in [-0.2, -0.15) is 0 Å². The predicted molar refractivity (Wildman–Crippen MR) is 114 cm³/mol. The lowest BCUT2D eigenvalue weighted by Crippen LogP contribution is -2.41. The van der Waals surface area contributed by atoms with Crippen LogP contribution in [0.25, 0.3) is 0 Å². The molecule has 0 aliphatic rings. The molecule has 0 radical (unpaired) electrons. The van der Waals surface area contributed by atoms with E-state index in [1.807, 2.05) is 26.0 Å². The van der Waals surface area contributed by atoms with Crippen molar-refractivity contribution in [3.8, 4) is 0 Å². The highest BCUT2D eigenvalue weighted by molar-refractivity contribution is 7.92. The minimum atomic E-state index is -3.85. The van der Waals surface area contributed by atoms with Gasteiger partial charge in [-0.15, -0.1) is 0 Å². The summed E-state index contributed by atoms with van der Waals surface area (Å²) in [5, 5.41) is 2.82. The summed E-state index contributed by atoms with van der Waals surface area (Å²) in [6.07, 6.45) is 1.71. The first-order chi connectivity index (χ1) is 13.2. The van der Waals surface area contributed by atoms with Crippen LogP contribution in [0.15, 0.2) is 53.4 Å². The molecule has 0 saturated carbocycles. The largest absolute Gasteiger partial charge is 0.355 e. The molecule has 0 saturated heterocycles. The summed E-state index contributed by atoms with van der Waals surface area (Å²) in [6.45, 7) is 8.38. The van der Waals surface area contributed by atoms with Crippen molar-refractivity contribution < 1.29 is 13.2 Å². The molecule has 0 unspecified atom stereocenters. The standard InChI is InChI=1S/C22H30N2O3S/c1-5-19-8-10-20(11-9-19)24(16-22(25)23-15-14-17(2)3)28(26,27)21-12-6-18(4)7-13-21/h6-13,17H,5,14-16H2,1-4H3,(H,23,25). The fourth-order valence-corrected chi connectivity index (χ4v) is 4.16. The van der Waals surface area contributed by atoms with E-state index in [4.69, 9.17) is 0 Å². The average molecular weight is 403 g/mol. The van der Waals surface area contributed by atoms with E-state index < -0.39 is 10.0 Å². The van der Waals surface area contributed by atoms with Crippen LogP contribution in [0.5, 0.6) is 0 Å². The van der Waals surface area contributed by atoms with E-state index in [0.29, 0.717) is 18.2 Å². The molecule has 6 heteroatoms. The van der Waals surface area contributed by atoms with Crippen molar-refractivity contribution in [1.82, 2.24) is 5.32 Å². The quantitative estimate of drug-likeness (QED) is 0.691. The van der Waals surface area contributed by atoms with E-state index in [9.17, 15) is 13.2 Å². The van der Waals surface area contributed by atoms with Gasteiger partial charge in [0.05, 0.1) is 10.6 Å². The van der Waals surface area contributed by atoms with Gasteiger partial charge in [-0.25, -0.2) is 8.42 Å². The van der Waals surface area contributed by atoms with Gasteiger partial charge in [-0.1, -0.05) is 50.6 Å². The SMILES string of the molecule is CCc1ccc(N(CC(=O)NCCC(C)C)S(=O)(=O)c2ccc(C)cc2)cc1. The third kappa shape index (κ3) is 5.83. The minimum absolute atomic E-state index is 0.174. The lowest BCUT2D eigenvalue weighted by Gasteiger charge is -2.24. The zero-order valence-electron chi connectivity index (χ0n) is 17.1. The van der Waals surface area contributed by atoms with Crippen LogP contribution in [0.2, 0.25) is 0 Å². The van der Waals surface area contributed by atoms with Crippen molar-refractivity contribution in [2.75, 3.05) is 17.4 Å². The van der Waals surface area contributed by atoms with Gasteiger partial charge < -0.3 is 5.32 Å². The molecule has 0 aliphatic carbocycles. The van der Waals surface area contributed by atoms with Crippen LogP contribution >= 0.6 is 0 Å². The van der Waals surface area contributed by atoms with Crippen molar-refractivity contribution in [2.45, 2.75) is 45.4 Å². The molecule has 0 spiro atoms. The van der Waals surface area contributed by atoms with Gasteiger partial charge in [-0.3, -0.25) is 9.10 Å². The van der Waals surface area contributed by atoms with E-state index >= 15 is 0 Å². The number of carbonyl (C=O) groups excluding carboxylic acids is 1. The van der Waals surface area contributed by atoms with Crippen LogP contribution in [-0.4, -0.2) is 27.4 Å². The van der Waals surface area contributed by atoms with Gasteiger partial charge in [0, 0.05) is 6.54 Å². The number of aryl methyl sites for hydroxylation is 2. The number of hydrogen-bond acceptors (Lipinski definition) is 3. The number of nitrogens with zero attached hydrogens (tertiary/aromatic N) is 1. The third-order valence-corrected chi connectivity index (χ3v) is 6.36. The second-order valence-electron chi connectivity index (χ2n) is 7.38. The van der Waals surface area contributed by atoms with Crippen LogP contribution in [0.4, 0.5) is 5.69 Å². The number of nitrogens with one attached hydrogen (secondary N) is 1. The Labute approximate surface area is 168 Å². The summed E-state index contributed by atoms with van der Waals surface area (Å²) in [6, 6.07) is 14.0. The number of hydrogen-bond donors (Lipinski definition) is 1. The fraction of sp³-hybridized carbons (Fsp3) is 0.409. The summed E-state index contributed by atoms with van der Waals surface area (Å²) in [5.41, 5.74) is 2.57. The summed E-state index contributed by atoms with van der Waals surface area (Å²) < 4.78 is 27.7. The summed E-state index contributed by atoms with van der Waals surface area (Å²) >= 11 is 0. The van der Waals surface area contributed by atoms with Crippen LogP contribution in [0.3, 0.4) is 0 Å². The lowest BCUT2D eigenvalue weighted by atomic mass is 10.1. The molecule has 0 bridgehead atoms. The maximum Gasteiger partial charge on any atom is 0.264 e. The number of carbonyl (C=O) groups is 1. The normalized spacial score (nSPS) is 11.5. The molecule has 0 heterocycles. The third-order valence-electron chi connectivity index (χ3n) is 4.57. The molecule has 1 amide bonds. The molecule has 1 N–H and O–H groups in total. The fourth-order valence-electron chi connectivity index (χ4n) is 2.74. The molecule has 2 aromatic rings. The number of amides is 1. The molecule has 0 aromatic heterocycles. The van der Waals surface area contributed by atoms with Gasteiger partial charge in [0.25, 0.3) is 10.0 Å². The van der Waals surface area contributed by atoms with Gasteiger partial charge in [0.1, 0.15) is 6.54 Å². The first-order valence-corrected chi connectivity index (χ1v) is 11.1. The Kier molecular flexibility index (Phi) is 7.63.